The van der Waals surface area contributed by atoms with Gasteiger partial charge in [-0.2, -0.15) is 0 Å². The number of sulfonamides is 1. The molecule has 0 bridgehead atoms. The highest BCUT2D eigenvalue weighted by Crippen LogP contribution is 2.22. The van der Waals surface area contributed by atoms with Crippen LogP contribution in [0.4, 0.5) is 5.69 Å². The molecule has 0 spiro atoms. The summed E-state index contributed by atoms with van der Waals surface area (Å²) in [6, 6.07) is 11.7. The van der Waals surface area contributed by atoms with E-state index >= 15 is 0 Å². The van der Waals surface area contributed by atoms with Crippen molar-refractivity contribution >= 4 is 27.6 Å². The van der Waals surface area contributed by atoms with Gasteiger partial charge in [0.2, 0.25) is 0 Å². The molecule has 0 unspecified atom stereocenters. The number of carbonyl (C=O) groups is 2. The minimum absolute atomic E-state index is 0.0258. The minimum atomic E-state index is -3.94. The molecule has 0 aliphatic rings. The average molecular weight is 392 g/mol. The Hall–Kier alpha value is -3.07. The van der Waals surface area contributed by atoms with Crippen LogP contribution in [0.1, 0.15) is 17.3 Å². The van der Waals surface area contributed by atoms with Crippen LogP contribution in [0.3, 0.4) is 0 Å². The van der Waals surface area contributed by atoms with Gasteiger partial charge in [-0.1, -0.05) is 12.1 Å². The zero-order valence-corrected chi connectivity index (χ0v) is 15.9. The van der Waals surface area contributed by atoms with Gasteiger partial charge >= 0.3 is 5.97 Å². The van der Waals surface area contributed by atoms with E-state index in [4.69, 9.17) is 4.74 Å². The topological polar surface area (TPSA) is 111 Å². The summed E-state index contributed by atoms with van der Waals surface area (Å²) in [4.78, 5) is 23.2. The summed E-state index contributed by atoms with van der Waals surface area (Å²) in [6.07, 6.45) is -0.720. The number of para-hydroxylation sites is 1. The summed E-state index contributed by atoms with van der Waals surface area (Å²) in [5.74, 6) is -0.604. The van der Waals surface area contributed by atoms with Crippen LogP contribution in [0.15, 0.2) is 53.4 Å². The Morgan fingerprint density at radius 2 is 1.67 bits per heavy atom. The van der Waals surface area contributed by atoms with Gasteiger partial charge in [0.1, 0.15) is 5.75 Å². The van der Waals surface area contributed by atoms with Gasteiger partial charge in [-0.15, -0.1) is 0 Å². The lowest BCUT2D eigenvalue weighted by Gasteiger charge is -2.14. The highest BCUT2D eigenvalue weighted by Gasteiger charge is 2.19. The zero-order valence-electron chi connectivity index (χ0n) is 15.1. The van der Waals surface area contributed by atoms with E-state index < -0.39 is 22.1 Å². The molecule has 0 saturated carbocycles. The quantitative estimate of drug-likeness (QED) is 0.695. The first-order valence-corrected chi connectivity index (χ1v) is 9.45. The highest BCUT2D eigenvalue weighted by molar-refractivity contribution is 7.92. The van der Waals surface area contributed by atoms with E-state index in [1.807, 2.05) is 0 Å². The van der Waals surface area contributed by atoms with Crippen LogP contribution in [0.25, 0.3) is 0 Å². The fourth-order valence-corrected chi connectivity index (χ4v) is 3.30. The Balaban J connectivity index is 2.21. The Labute approximate surface area is 157 Å². The Kier molecular flexibility index (Phi) is 6.40. The third-order valence-electron chi connectivity index (χ3n) is 3.64. The molecule has 0 heterocycles. The van der Waals surface area contributed by atoms with Crippen LogP contribution < -0.4 is 14.8 Å². The van der Waals surface area contributed by atoms with Crippen molar-refractivity contribution in [2.24, 2.45) is 0 Å². The molecule has 0 radical (unpaired) electrons. The first-order valence-electron chi connectivity index (χ1n) is 7.97. The molecule has 0 aliphatic heterocycles. The van der Waals surface area contributed by atoms with Gasteiger partial charge < -0.3 is 14.8 Å². The lowest BCUT2D eigenvalue weighted by molar-refractivity contribution is -0.126. The van der Waals surface area contributed by atoms with Crippen LogP contribution in [-0.4, -0.2) is 40.6 Å². The fourth-order valence-electron chi connectivity index (χ4n) is 2.22. The van der Waals surface area contributed by atoms with E-state index in [1.54, 1.807) is 19.1 Å². The molecule has 2 aromatic carbocycles. The number of anilines is 1. The molecular formula is C18H20N2O6S. The lowest BCUT2D eigenvalue weighted by atomic mass is 10.2. The Bertz CT molecular complexity index is 925. The number of carbonyl (C=O) groups excluding carboxylic acids is 2. The van der Waals surface area contributed by atoms with Crippen LogP contribution in [0.5, 0.6) is 5.75 Å². The molecule has 1 atom stereocenters. The summed E-state index contributed by atoms with van der Waals surface area (Å²) in [5.41, 5.74) is 0.209. The van der Waals surface area contributed by atoms with Crippen molar-refractivity contribution in [2.75, 3.05) is 18.9 Å². The van der Waals surface area contributed by atoms with E-state index in [2.05, 4.69) is 14.8 Å². The van der Waals surface area contributed by atoms with Gasteiger partial charge in [0.15, 0.2) is 6.10 Å². The third kappa shape index (κ3) is 4.98. The van der Waals surface area contributed by atoms with Crippen molar-refractivity contribution in [1.29, 1.82) is 0 Å². The number of methoxy groups -OCH3 is 1. The standard InChI is InChI=1S/C18H20N2O6S/c1-12(17(21)19-2)26-13-8-10-14(11-9-13)27(23,24)20-16-7-5-4-6-15(16)18(22)25-3/h4-12,20H,1-3H3,(H,19,21)/t12-/m1/s1. The molecule has 2 rings (SSSR count). The maximum atomic E-state index is 12.6. The molecule has 0 aromatic heterocycles. The van der Waals surface area contributed by atoms with Crippen LogP contribution in [0, 0.1) is 0 Å². The lowest BCUT2D eigenvalue weighted by Crippen LogP contribution is -2.33. The predicted molar refractivity (Wildman–Crippen MR) is 99.2 cm³/mol. The van der Waals surface area contributed by atoms with Gasteiger partial charge in [0, 0.05) is 7.05 Å². The zero-order chi connectivity index (χ0) is 20.0. The minimum Gasteiger partial charge on any atom is -0.481 e. The molecule has 2 N–H and O–H groups in total. The number of esters is 1. The second-order valence-electron chi connectivity index (χ2n) is 5.49. The largest absolute Gasteiger partial charge is 0.481 e. The van der Waals surface area contributed by atoms with Crippen molar-refractivity contribution in [3.8, 4) is 5.75 Å². The van der Waals surface area contributed by atoms with Gasteiger partial charge in [-0.3, -0.25) is 9.52 Å². The normalized spacial score (nSPS) is 12.0. The summed E-state index contributed by atoms with van der Waals surface area (Å²) in [6.45, 7) is 1.58. The summed E-state index contributed by atoms with van der Waals surface area (Å²) >= 11 is 0. The smallest absolute Gasteiger partial charge is 0.339 e. The van der Waals surface area contributed by atoms with Crippen molar-refractivity contribution in [1.82, 2.24) is 5.32 Å². The number of amides is 1. The maximum Gasteiger partial charge on any atom is 0.339 e. The summed E-state index contributed by atoms with van der Waals surface area (Å²) < 4.78 is 37.6. The van der Waals surface area contributed by atoms with Crippen molar-refractivity contribution in [2.45, 2.75) is 17.9 Å². The van der Waals surface area contributed by atoms with Crippen LogP contribution >= 0.6 is 0 Å². The van der Waals surface area contributed by atoms with Crippen LogP contribution in [-0.2, 0) is 19.6 Å². The van der Waals surface area contributed by atoms with E-state index in [0.717, 1.165) is 0 Å². The fraction of sp³-hybridized carbons (Fsp3) is 0.222. The summed E-state index contributed by atoms with van der Waals surface area (Å²) in [7, 11) is -1.23. The van der Waals surface area contributed by atoms with Gasteiger partial charge in [-0.05, 0) is 43.3 Å². The molecule has 1 amide bonds. The molecule has 8 nitrogen and oxygen atoms in total. The van der Waals surface area contributed by atoms with E-state index in [0.29, 0.717) is 5.75 Å². The molecular weight excluding hydrogens is 372 g/mol. The second-order valence-corrected chi connectivity index (χ2v) is 7.17. The molecule has 0 aliphatic carbocycles. The Morgan fingerprint density at radius 3 is 2.26 bits per heavy atom. The van der Waals surface area contributed by atoms with E-state index in [1.165, 1.54) is 50.6 Å². The Morgan fingerprint density at radius 1 is 1.04 bits per heavy atom. The van der Waals surface area contributed by atoms with Gasteiger partial charge in [0.05, 0.1) is 23.3 Å². The first-order chi connectivity index (χ1) is 12.8. The van der Waals surface area contributed by atoms with Crippen molar-refractivity contribution < 1.29 is 27.5 Å². The number of hydrogen-bond donors (Lipinski definition) is 2. The highest BCUT2D eigenvalue weighted by atomic mass is 32.2. The van der Waals surface area contributed by atoms with Crippen molar-refractivity contribution in [3.63, 3.8) is 0 Å². The van der Waals surface area contributed by atoms with Gasteiger partial charge in [0.25, 0.3) is 15.9 Å². The molecule has 0 fully saturated rings. The molecule has 2 aromatic rings. The number of rotatable bonds is 7. The van der Waals surface area contributed by atoms with E-state index in [-0.39, 0.29) is 22.1 Å². The van der Waals surface area contributed by atoms with Gasteiger partial charge in [-0.25, -0.2) is 13.2 Å². The molecule has 9 heteroatoms. The first kappa shape index (κ1) is 20.2. The SMILES string of the molecule is CNC(=O)[C@@H](C)Oc1ccc(S(=O)(=O)Nc2ccccc2C(=O)OC)cc1. The summed E-state index contributed by atoms with van der Waals surface area (Å²) in [5, 5.41) is 2.46. The molecule has 144 valence electrons. The third-order valence-corrected chi connectivity index (χ3v) is 5.02. The predicted octanol–water partition coefficient (Wildman–Crippen LogP) is 1.79. The van der Waals surface area contributed by atoms with E-state index in [9.17, 15) is 18.0 Å². The molecule has 0 saturated heterocycles. The second kappa shape index (κ2) is 8.54. The number of hydrogen-bond acceptors (Lipinski definition) is 6. The number of likely N-dealkylation sites (N-methyl/N-ethyl adjacent to an activating group) is 1. The number of ether oxygens (including phenoxy) is 2. The molecule has 27 heavy (non-hydrogen) atoms. The monoisotopic (exact) mass is 392 g/mol. The number of benzene rings is 2. The maximum absolute atomic E-state index is 12.6. The number of nitrogens with one attached hydrogen (secondary N) is 2. The van der Waals surface area contributed by atoms with Crippen molar-refractivity contribution in [3.05, 3.63) is 54.1 Å². The average Bonchev–Trinajstić information content (AvgIpc) is 2.67. The van der Waals surface area contributed by atoms with Crippen LogP contribution in [0.2, 0.25) is 0 Å².